The Morgan fingerprint density at radius 3 is 2.14 bits per heavy atom. The Kier molecular flexibility index (Phi) is 6.31. The lowest BCUT2D eigenvalue weighted by atomic mass is 10.3. The molecule has 0 amide bonds. The highest BCUT2D eigenvalue weighted by molar-refractivity contribution is 7.92. The molecule has 86 valence electrons. The van der Waals surface area contributed by atoms with Crippen molar-refractivity contribution in [1.82, 2.24) is 0 Å². The van der Waals surface area contributed by atoms with E-state index in [9.17, 15) is 8.42 Å². The molecule has 0 saturated carbocycles. The van der Waals surface area contributed by atoms with Gasteiger partial charge in [-0.05, 0) is 33.2 Å². The van der Waals surface area contributed by atoms with Crippen LogP contribution in [0.2, 0.25) is 0 Å². The summed E-state index contributed by atoms with van der Waals surface area (Å²) in [5.74, 6) is 0. The third kappa shape index (κ3) is 3.94. The summed E-state index contributed by atoms with van der Waals surface area (Å²) in [6.07, 6.45) is 1.08. The first kappa shape index (κ1) is 13.9. The van der Waals surface area contributed by atoms with Crippen molar-refractivity contribution in [3.05, 3.63) is 0 Å². The maximum atomic E-state index is 11.8. The van der Waals surface area contributed by atoms with Crippen LogP contribution in [0.4, 0.5) is 0 Å². The van der Waals surface area contributed by atoms with Crippen LogP contribution in [0.1, 0.15) is 26.7 Å². The molecule has 0 aromatic rings. The molecule has 2 unspecified atom stereocenters. The number of methoxy groups -OCH3 is 1. The van der Waals surface area contributed by atoms with Gasteiger partial charge in [-0.3, -0.25) is 0 Å². The molecule has 0 aliphatic rings. The van der Waals surface area contributed by atoms with E-state index in [1.165, 1.54) is 0 Å². The van der Waals surface area contributed by atoms with Gasteiger partial charge < -0.3 is 10.5 Å². The Morgan fingerprint density at radius 1 is 1.21 bits per heavy atom. The first-order valence-electron chi connectivity index (χ1n) is 4.88. The van der Waals surface area contributed by atoms with Gasteiger partial charge in [-0.25, -0.2) is 8.42 Å². The Labute approximate surface area is 86.7 Å². The predicted molar refractivity (Wildman–Crippen MR) is 58.0 cm³/mol. The van der Waals surface area contributed by atoms with Gasteiger partial charge in [0.2, 0.25) is 0 Å². The Morgan fingerprint density at radius 2 is 1.71 bits per heavy atom. The van der Waals surface area contributed by atoms with Crippen LogP contribution in [0, 0.1) is 0 Å². The van der Waals surface area contributed by atoms with Crippen molar-refractivity contribution in [2.75, 3.05) is 20.3 Å². The molecule has 4 nitrogen and oxygen atoms in total. The van der Waals surface area contributed by atoms with Crippen molar-refractivity contribution >= 4 is 9.84 Å². The highest BCUT2D eigenvalue weighted by atomic mass is 32.2. The van der Waals surface area contributed by atoms with Crippen LogP contribution >= 0.6 is 0 Å². The average molecular weight is 223 g/mol. The van der Waals surface area contributed by atoms with Crippen molar-refractivity contribution in [2.24, 2.45) is 5.73 Å². The zero-order chi connectivity index (χ0) is 11.2. The number of hydrogen-bond donors (Lipinski definition) is 1. The third-order valence-electron chi connectivity index (χ3n) is 2.42. The van der Waals surface area contributed by atoms with E-state index >= 15 is 0 Å². The monoisotopic (exact) mass is 223 g/mol. The Balaban J connectivity index is 4.29. The number of rotatable bonds is 7. The molecule has 0 aliphatic carbocycles. The van der Waals surface area contributed by atoms with E-state index in [0.29, 0.717) is 26.0 Å². The molecule has 0 aliphatic heterocycles. The second kappa shape index (κ2) is 6.37. The van der Waals surface area contributed by atoms with E-state index in [1.807, 2.05) is 0 Å². The van der Waals surface area contributed by atoms with E-state index in [2.05, 4.69) is 0 Å². The Hall–Kier alpha value is -0.130. The van der Waals surface area contributed by atoms with Gasteiger partial charge in [-0.1, -0.05) is 0 Å². The van der Waals surface area contributed by atoms with Crippen LogP contribution in [0.3, 0.4) is 0 Å². The normalized spacial score (nSPS) is 16.6. The quantitative estimate of drug-likeness (QED) is 0.685. The number of ether oxygens (including phenoxy) is 1. The lowest BCUT2D eigenvalue weighted by molar-refractivity contribution is 0.194. The molecule has 0 radical (unpaired) electrons. The molecule has 2 N–H and O–H groups in total. The van der Waals surface area contributed by atoms with Gasteiger partial charge in [0, 0.05) is 13.7 Å². The lowest BCUT2D eigenvalue weighted by Crippen LogP contribution is -2.30. The van der Waals surface area contributed by atoms with Crippen LogP contribution < -0.4 is 5.73 Å². The van der Waals surface area contributed by atoms with Crippen molar-refractivity contribution in [2.45, 2.75) is 37.2 Å². The van der Waals surface area contributed by atoms with Crippen LogP contribution in [0.5, 0.6) is 0 Å². The summed E-state index contributed by atoms with van der Waals surface area (Å²) >= 11 is 0. The van der Waals surface area contributed by atoms with Crippen molar-refractivity contribution in [3.63, 3.8) is 0 Å². The maximum absolute atomic E-state index is 11.8. The van der Waals surface area contributed by atoms with Crippen molar-refractivity contribution in [1.29, 1.82) is 0 Å². The summed E-state index contributed by atoms with van der Waals surface area (Å²) in [5, 5.41) is -0.691. The second-order valence-electron chi connectivity index (χ2n) is 3.57. The molecule has 2 atom stereocenters. The molecule has 0 heterocycles. The summed E-state index contributed by atoms with van der Waals surface area (Å²) in [5.41, 5.74) is 5.34. The molecule has 14 heavy (non-hydrogen) atoms. The topological polar surface area (TPSA) is 69.4 Å². The summed E-state index contributed by atoms with van der Waals surface area (Å²) < 4.78 is 28.5. The van der Waals surface area contributed by atoms with E-state index in [1.54, 1.807) is 21.0 Å². The van der Waals surface area contributed by atoms with Gasteiger partial charge in [0.05, 0.1) is 10.5 Å². The molecule has 0 saturated heterocycles. The minimum absolute atomic E-state index is 0.344. The molecule has 0 bridgehead atoms. The summed E-state index contributed by atoms with van der Waals surface area (Å²) in [7, 11) is -1.46. The second-order valence-corrected chi connectivity index (χ2v) is 6.36. The molecule has 0 rings (SSSR count). The van der Waals surface area contributed by atoms with E-state index < -0.39 is 9.84 Å². The molecule has 0 aromatic heterocycles. The van der Waals surface area contributed by atoms with E-state index in [0.717, 1.165) is 0 Å². The zero-order valence-corrected chi connectivity index (χ0v) is 10.0. The molecular weight excluding hydrogens is 202 g/mol. The molecular formula is C9H21NO3S. The van der Waals surface area contributed by atoms with Gasteiger partial charge in [0.1, 0.15) is 0 Å². The molecule has 5 heteroatoms. The van der Waals surface area contributed by atoms with Crippen LogP contribution in [-0.4, -0.2) is 39.2 Å². The summed E-state index contributed by atoms with van der Waals surface area (Å²) in [4.78, 5) is 0. The third-order valence-corrected chi connectivity index (χ3v) is 5.14. The van der Waals surface area contributed by atoms with Crippen LogP contribution in [0.15, 0.2) is 0 Å². The minimum Gasteiger partial charge on any atom is -0.385 e. The lowest BCUT2D eigenvalue weighted by Gasteiger charge is -2.17. The SMILES string of the molecule is COCCC(C)S(=O)(=O)C(C)CCN. The van der Waals surface area contributed by atoms with Gasteiger partial charge in [0.15, 0.2) is 9.84 Å². The average Bonchev–Trinajstić information content (AvgIpc) is 2.14. The van der Waals surface area contributed by atoms with Gasteiger partial charge in [-0.15, -0.1) is 0 Å². The van der Waals surface area contributed by atoms with Crippen molar-refractivity contribution in [3.8, 4) is 0 Å². The Bertz CT molecular complexity index is 238. The first-order valence-corrected chi connectivity index (χ1v) is 6.49. The highest BCUT2D eigenvalue weighted by Crippen LogP contribution is 2.14. The van der Waals surface area contributed by atoms with Gasteiger partial charge >= 0.3 is 0 Å². The molecule has 0 fully saturated rings. The minimum atomic E-state index is -3.03. The largest absolute Gasteiger partial charge is 0.385 e. The van der Waals surface area contributed by atoms with E-state index in [4.69, 9.17) is 10.5 Å². The van der Waals surface area contributed by atoms with Gasteiger partial charge in [-0.2, -0.15) is 0 Å². The maximum Gasteiger partial charge on any atom is 0.155 e. The first-order chi connectivity index (χ1) is 6.46. The fourth-order valence-electron chi connectivity index (χ4n) is 1.24. The summed E-state index contributed by atoms with van der Waals surface area (Å²) in [6, 6.07) is 0. The number of nitrogens with two attached hydrogens (primary N) is 1. The van der Waals surface area contributed by atoms with Gasteiger partial charge in [0.25, 0.3) is 0 Å². The van der Waals surface area contributed by atoms with Crippen LogP contribution in [0.25, 0.3) is 0 Å². The van der Waals surface area contributed by atoms with E-state index in [-0.39, 0.29) is 10.5 Å². The zero-order valence-electron chi connectivity index (χ0n) is 9.19. The molecule has 0 aromatic carbocycles. The van der Waals surface area contributed by atoms with Crippen LogP contribution in [-0.2, 0) is 14.6 Å². The standard InChI is InChI=1S/C9H21NO3S/c1-8(4-6-10)14(11,12)9(2)5-7-13-3/h8-9H,4-7,10H2,1-3H3. The smallest absolute Gasteiger partial charge is 0.155 e. The fraction of sp³-hybridized carbons (Fsp3) is 1.00. The number of hydrogen-bond acceptors (Lipinski definition) is 4. The molecule has 0 spiro atoms. The van der Waals surface area contributed by atoms with Crippen molar-refractivity contribution < 1.29 is 13.2 Å². The predicted octanol–water partition coefficient (Wildman–Crippen LogP) is 0.564. The summed E-state index contributed by atoms with van der Waals surface area (Å²) in [6.45, 7) is 4.33. The fourth-order valence-corrected chi connectivity index (χ4v) is 2.93. The highest BCUT2D eigenvalue weighted by Gasteiger charge is 2.26. The number of sulfone groups is 1.